The molecule has 112 valence electrons. The normalized spacial score (nSPS) is 43.1. The van der Waals surface area contributed by atoms with Crippen molar-refractivity contribution in [2.45, 2.75) is 70.6 Å². The fourth-order valence-corrected chi connectivity index (χ4v) is 5.45. The second-order valence-corrected chi connectivity index (χ2v) is 7.32. The second-order valence-electron chi connectivity index (χ2n) is 7.32. The van der Waals surface area contributed by atoms with E-state index in [9.17, 15) is 0 Å². The van der Waals surface area contributed by atoms with Gasteiger partial charge in [-0.15, -0.1) is 12.4 Å². The molecule has 0 aromatic heterocycles. The van der Waals surface area contributed by atoms with Gasteiger partial charge in [-0.25, -0.2) is 0 Å². The van der Waals surface area contributed by atoms with Crippen molar-refractivity contribution in [3.05, 3.63) is 0 Å². The molecule has 3 saturated carbocycles. The molecule has 0 radical (unpaired) electrons. The Bertz CT molecular complexity index is 268. The van der Waals surface area contributed by atoms with Gasteiger partial charge >= 0.3 is 0 Å². The number of nitrogens with two attached hydrogens (primary N) is 1. The first-order valence-corrected chi connectivity index (χ1v) is 8.58. The number of halogens is 1. The van der Waals surface area contributed by atoms with Gasteiger partial charge in [0.15, 0.2) is 0 Å². The first-order chi connectivity index (χ1) is 8.88. The van der Waals surface area contributed by atoms with E-state index in [-0.39, 0.29) is 12.4 Å². The summed E-state index contributed by atoms with van der Waals surface area (Å²) in [6, 6.07) is 0. The molecule has 2 heteroatoms. The summed E-state index contributed by atoms with van der Waals surface area (Å²) in [7, 11) is 0. The number of fused-ring (bicyclic) bond motifs is 1. The van der Waals surface area contributed by atoms with Gasteiger partial charge in [0.2, 0.25) is 0 Å². The molecule has 0 aromatic rings. The fraction of sp³-hybridized carbons (Fsp3) is 1.00. The molecule has 0 bridgehead atoms. The Labute approximate surface area is 125 Å². The fourth-order valence-electron chi connectivity index (χ4n) is 5.45. The molecule has 2 N–H and O–H groups in total. The van der Waals surface area contributed by atoms with E-state index in [1.54, 1.807) is 25.7 Å². The lowest BCUT2D eigenvalue weighted by molar-refractivity contribution is 0.0614. The Morgan fingerprint density at radius 1 is 0.684 bits per heavy atom. The van der Waals surface area contributed by atoms with Gasteiger partial charge in [-0.2, -0.15) is 0 Å². The molecule has 5 atom stereocenters. The van der Waals surface area contributed by atoms with Crippen molar-refractivity contribution in [1.29, 1.82) is 0 Å². The third kappa shape index (κ3) is 3.47. The van der Waals surface area contributed by atoms with Gasteiger partial charge in [0, 0.05) is 0 Å². The van der Waals surface area contributed by atoms with Crippen molar-refractivity contribution in [3.8, 4) is 0 Å². The Morgan fingerprint density at radius 3 is 2.11 bits per heavy atom. The Morgan fingerprint density at radius 2 is 1.32 bits per heavy atom. The molecule has 0 aromatic carbocycles. The third-order valence-corrected chi connectivity index (χ3v) is 6.46. The van der Waals surface area contributed by atoms with Crippen LogP contribution in [0.1, 0.15) is 70.6 Å². The van der Waals surface area contributed by atoms with Crippen LogP contribution in [0.5, 0.6) is 0 Å². The van der Waals surface area contributed by atoms with Crippen molar-refractivity contribution < 1.29 is 0 Å². The van der Waals surface area contributed by atoms with Crippen LogP contribution in [-0.4, -0.2) is 6.54 Å². The predicted molar refractivity (Wildman–Crippen MR) is 84.5 cm³/mol. The van der Waals surface area contributed by atoms with Crippen molar-refractivity contribution in [1.82, 2.24) is 0 Å². The minimum Gasteiger partial charge on any atom is -0.330 e. The number of hydrogen-bond acceptors (Lipinski definition) is 1. The molecule has 0 aliphatic heterocycles. The highest BCUT2D eigenvalue weighted by atomic mass is 35.5. The van der Waals surface area contributed by atoms with Crippen molar-refractivity contribution in [3.63, 3.8) is 0 Å². The van der Waals surface area contributed by atoms with E-state index < -0.39 is 0 Å². The van der Waals surface area contributed by atoms with Crippen LogP contribution in [0.25, 0.3) is 0 Å². The van der Waals surface area contributed by atoms with Crippen LogP contribution in [0, 0.1) is 29.6 Å². The quantitative estimate of drug-likeness (QED) is 0.776. The Balaban J connectivity index is 0.00000133. The average molecular weight is 286 g/mol. The third-order valence-electron chi connectivity index (χ3n) is 6.46. The maximum atomic E-state index is 6.03. The SMILES string of the molecule is Cl.NCC1CCCCC1C1CCC2CCCCC2C1. The van der Waals surface area contributed by atoms with E-state index in [1.165, 1.54) is 44.9 Å². The molecule has 3 aliphatic carbocycles. The van der Waals surface area contributed by atoms with Crippen LogP contribution >= 0.6 is 12.4 Å². The number of rotatable bonds is 2. The molecular weight excluding hydrogens is 254 g/mol. The summed E-state index contributed by atoms with van der Waals surface area (Å²) in [6.07, 6.45) is 16.6. The van der Waals surface area contributed by atoms with Gasteiger partial charge < -0.3 is 5.73 Å². The summed E-state index contributed by atoms with van der Waals surface area (Å²) in [6.45, 7) is 0.954. The predicted octanol–water partition coefficient (Wildman–Crippen LogP) is 4.78. The minimum absolute atomic E-state index is 0. The van der Waals surface area contributed by atoms with Crippen molar-refractivity contribution in [2.24, 2.45) is 35.3 Å². The molecule has 0 saturated heterocycles. The standard InChI is InChI=1S/C17H31N.ClH/c18-12-16-7-3-4-8-17(16)15-10-9-13-5-1-2-6-14(13)11-15;/h13-17H,1-12,18H2;1H. The highest BCUT2D eigenvalue weighted by Crippen LogP contribution is 2.48. The molecular formula is C17H32ClN. The second kappa shape index (κ2) is 7.31. The molecule has 0 spiro atoms. The van der Waals surface area contributed by atoms with Gasteiger partial charge in [-0.1, -0.05) is 38.5 Å². The van der Waals surface area contributed by atoms with E-state index in [2.05, 4.69) is 0 Å². The zero-order valence-electron chi connectivity index (χ0n) is 12.4. The molecule has 3 rings (SSSR count). The number of hydrogen-bond donors (Lipinski definition) is 1. The lowest BCUT2D eigenvalue weighted by Crippen LogP contribution is -2.37. The molecule has 0 amide bonds. The first kappa shape index (κ1) is 15.6. The largest absolute Gasteiger partial charge is 0.330 e. The van der Waals surface area contributed by atoms with Crippen LogP contribution in [-0.2, 0) is 0 Å². The van der Waals surface area contributed by atoms with Crippen LogP contribution in [0.4, 0.5) is 0 Å². The van der Waals surface area contributed by atoms with Crippen molar-refractivity contribution in [2.75, 3.05) is 6.54 Å². The lowest BCUT2D eigenvalue weighted by atomic mass is 9.61. The van der Waals surface area contributed by atoms with Crippen LogP contribution in [0.3, 0.4) is 0 Å². The van der Waals surface area contributed by atoms with Crippen LogP contribution in [0.15, 0.2) is 0 Å². The molecule has 1 nitrogen and oxygen atoms in total. The smallest absolute Gasteiger partial charge is 0.00461 e. The van der Waals surface area contributed by atoms with Crippen LogP contribution < -0.4 is 5.73 Å². The molecule has 3 fully saturated rings. The summed E-state index contributed by atoms with van der Waals surface area (Å²) >= 11 is 0. The molecule has 19 heavy (non-hydrogen) atoms. The van der Waals surface area contributed by atoms with Crippen LogP contribution in [0.2, 0.25) is 0 Å². The summed E-state index contributed by atoms with van der Waals surface area (Å²) in [5, 5.41) is 0. The highest BCUT2D eigenvalue weighted by Gasteiger charge is 2.38. The molecule has 5 unspecified atom stereocenters. The van der Waals surface area contributed by atoms with E-state index in [4.69, 9.17) is 5.73 Å². The van der Waals surface area contributed by atoms with Gasteiger partial charge in [0.1, 0.15) is 0 Å². The minimum atomic E-state index is 0. The molecule has 3 aliphatic rings. The van der Waals surface area contributed by atoms with E-state index >= 15 is 0 Å². The monoisotopic (exact) mass is 285 g/mol. The summed E-state index contributed by atoms with van der Waals surface area (Å²) in [5.41, 5.74) is 6.03. The van der Waals surface area contributed by atoms with Gasteiger partial charge in [0.25, 0.3) is 0 Å². The van der Waals surface area contributed by atoms with E-state index in [0.717, 1.165) is 36.1 Å². The summed E-state index contributed by atoms with van der Waals surface area (Å²) in [4.78, 5) is 0. The maximum absolute atomic E-state index is 6.03. The molecule has 0 heterocycles. The zero-order valence-corrected chi connectivity index (χ0v) is 13.2. The lowest BCUT2D eigenvalue weighted by Gasteiger charge is -2.45. The summed E-state index contributed by atoms with van der Waals surface area (Å²) < 4.78 is 0. The van der Waals surface area contributed by atoms with Gasteiger partial charge in [-0.05, 0) is 68.2 Å². The summed E-state index contributed by atoms with van der Waals surface area (Å²) in [5.74, 6) is 5.10. The highest BCUT2D eigenvalue weighted by molar-refractivity contribution is 5.85. The van der Waals surface area contributed by atoms with Crippen molar-refractivity contribution >= 4 is 12.4 Å². The average Bonchev–Trinajstić information content (AvgIpc) is 2.46. The Hall–Kier alpha value is 0.250. The zero-order chi connectivity index (χ0) is 12.4. The first-order valence-electron chi connectivity index (χ1n) is 8.58. The maximum Gasteiger partial charge on any atom is -0.00461 e. The topological polar surface area (TPSA) is 26.0 Å². The Kier molecular flexibility index (Phi) is 6.02. The van der Waals surface area contributed by atoms with E-state index in [0.29, 0.717) is 0 Å². The van der Waals surface area contributed by atoms with Gasteiger partial charge in [-0.3, -0.25) is 0 Å². The van der Waals surface area contributed by atoms with Gasteiger partial charge in [0.05, 0.1) is 0 Å². The van der Waals surface area contributed by atoms with E-state index in [1.807, 2.05) is 0 Å².